The Morgan fingerprint density at radius 3 is 2.33 bits per heavy atom. The molecule has 40 heavy (non-hydrogen) atoms. The Labute approximate surface area is 240 Å². The topological polar surface area (TPSA) is 66.9 Å². The van der Waals surface area contributed by atoms with Crippen LogP contribution in [0.4, 0.5) is 0 Å². The van der Waals surface area contributed by atoms with E-state index in [4.69, 9.17) is 4.74 Å². The van der Waals surface area contributed by atoms with Crippen molar-refractivity contribution in [2.45, 2.75) is 77.4 Å². The maximum atomic E-state index is 13.1. The second-order valence-electron chi connectivity index (χ2n) is 11.6. The zero-order valence-electron chi connectivity index (χ0n) is 24.4. The number of nitrogens with zero attached hydrogens (tertiary/aromatic N) is 2. The molecule has 0 aliphatic carbocycles. The number of rotatable bonds is 11. The number of aryl methyl sites for hydroxylation is 1. The normalized spacial score (nSPS) is 14.2. The SMILES string of the molecule is CCOc1ccc(CN(CCCC(=O)c2ccc3c(c2)CCN(S(=O)(=O)c2ccc(C)cc2)C3)C(C)(C)C)cc1. The van der Waals surface area contributed by atoms with Gasteiger partial charge in [0.15, 0.2) is 5.78 Å². The van der Waals surface area contributed by atoms with Crippen LogP contribution in [0.2, 0.25) is 0 Å². The predicted octanol–water partition coefficient (Wildman–Crippen LogP) is 6.40. The Morgan fingerprint density at radius 1 is 0.975 bits per heavy atom. The number of carbonyl (C=O) groups excluding carboxylic acids is 1. The molecule has 0 N–H and O–H groups in total. The van der Waals surface area contributed by atoms with Gasteiger partial charge in [0.2, 0.25) is 10.0 Å². The molecule has 0 aromatic heterocycles. The summed E-state index contributed by atoms with van der Waals surface area (Å²) in [6.07, 6.45) is 1.84. The van der Waals surface area contributed by atoms with Crippen LogP contribution < -0.4 is 4.74 Å². The average Bonchev–Trinajstić information content (AvgIpc) is 2.92. The highest BCUT2D eigenvalue weighted by molar-refractivity contribution is 7.89. The maximum absolute atomic E-state index is 13.1. The molecule has 3 aromatic carbocycles. The molecule has 0 amide bonds. The van der Waals surface area contributed by atoms with E-state index in [-0.39, 0.29) is 11.3 Å². The molecule has 0 fully saturated rings. The summed E-state index contributed by atoms with van der Waals surface area (Å²) in [6, 6.07) is 21.0. The van der Waals surface area contributed by atoms with E-state index in [9.17, 15) is 13.2 Å². The van der Waals surface area contributed by atoms with Crippen molar-refractivity contribution in [3.63, 3.8) is 0 Å². The second kappa shape index (κ2) is 12.7. The molecule has 0 atom stereocenters. The van der Waals surface area contributed by atoms with E-state index in [1.807, 2.05) is 56.3 Å². The molecule has 6 nitrogen and oxygen atoms in total. The van der Waals surface area contributed by atoms with E-state index in [1.165, 1.54) is 9.87 Å². The van der Waals surface area contributed by atoms with Gasteiger partial charge in [0.25, 0.3) is 0 Å². The van der Waals surface area contributed by atoms with Crippen molar-refractivity contribution in [2.24, 2.45) is 0 Å². The fourth-order valence-electron chi connectivity index (χ4n) is 5.07. The maximum Gasteiger partial charge on any atom is 0.243 e. The van der Waals surface area contributed by atoms with Gasteiger partial charge in [-0.1, -0.05) is 42.0 Å². The predicted molar refractivity (Wildman–Crippen MR) is 160 cm³/mol. The van der Waals surface area contributed by atoms with E-state index in [2.05, 4.69) is 37.8 Å². The molecule has 3 aromatic rings. The number of hydrogen-bond donors (Lipinski definition) is 0. The lowest BCUT2D eigenvalue weighted by Gasteiger charge is -2.36. The molecule has 0 bridgehead atoms. The molecule has 1 aliphatic heterocycles. The summed E-state index contributed by atoms with van der Waals surface area (Å²) < 4.78 is 33.4. The highest BCUT2D eigenvalue weighted by Crippen LogP contribution is 2.27. The summed E-state index contributed by atoms with van der Waals surface area (Å²) in [5.41, 5.74) is 4.96. The molecule has 0 saturated heterocycles. The van der Waals surface area contributed by atoms with Crippen LogP contribution in [-0.4, -0.2) is 48.6 Å². The summed E-state index contributed by atoms with van der Waals surface area (Å²) in [5, 5.41) is 0. The molecule has 0 saturated carbocycles. The fourth-order valence-corrected chi connectivity index (χ4v) is 6.49. The fraction of sp³-hybridized carbons (Fsp3) is 0.424. The average molecular weight is 563 g/mol. The van der Waals surface area contributed by atoms with Crippen LogP contribution in [0.1, 0.15) is 73.1 Å². The number of Topliss-reactive ketones (excluding diaryl/α,β-unsaturated/α-hetero) is 1. The van der Waals surface area contributed by atoms with Gasteiger partial charge < -0.3 is 4.74 Å². The minimum atomic E-state index is -3.55. The summed E-state index contributed by atoms with van der Waals surface area (Å²) in [7, 11) is -3.55. The van der Waals surface area contributed by atoms with E-state index < -0.39 is 10.0 Å². The Balaban J connectivity index is 1.35. The molecule has 1 aliphatic rings. The third-order valence-electron chi connectivity index (χ3n) is 7.55. The Hall–Kier alpha value is -3.00. The number of carbonyl (C=O) groups is 1. The van der Waals surface area contributed by atoms with E-state index in [1.54, 1.807) is 12.1 Å². The van der Waals surface area contributed by atoms with Gasteiger partial charge in [-0.15, -0.1) is 0 Å². The Morgan fingerprint density at radius 2 is 1.68 bits per heavy atom. The zero-order valence-corrected chi connectivity index (χ0v) is 25.3. The third-order valence-corrected chi connectivity index (χ3v) is 9.41. The van der Waals surface area contributed by atoms with Crippen LogP contribution in [-0.2, 0) is 29.5 Å². The molecular weight excluding hydrogens is 520 g/mol. The van der Waals surface area contributed by atoms with Crippen LogP contribution in [0.15, 0.2) is 71.6 Å². The summed E-state index contributed by atoms with van der Waals surface area (Å²) in [5.74, 6) is 1.01. The lowest BCUT2D eigenvalue weighted by atomic mass is 9.95. The minimum absolute atomic E-state index is 0.0295. The largest absolute Gasteiger partial charge is 0.494 e. The van der Waals surface area contributed by atoms with Crippen LogP contribution in [0.3, 0.4) is 0 Å². The third kappa shape index (κ3) is 7.39. The standard InChI is InChI=1S/C33H42N2O4S/c1-6-39-30-15-11-26(12-16-30)23-34(33(3,4)5)20-7-8-32(36)28-13-14-29-24-35(21-19-27(29)22-28)40(37,38)31-17-9-25(2)10-18-31/h9-18,22H,6-8,19-21,23-24H2,1-5H3. The van der Waals surface area contributed by atoms with Crippen LogP contribution in [0, 0.1) is 6.92 Å². The van der Waals surface area contributed by atoms with Crippen molar-refractivity contribution < 1.29 is 17.9 Å². The minimum Gasteiger partial charge on any atom is -0.494 e. The van der Waals surface area contributed by atoms with E-state index in [0.717, 1.165) is 42.0 Å². The number of benzene rings is 3. The Kier molecular flexibility index (Phi) is 9.49. The number of sulfonamides is 1. The molecule has 0 unspecified atom stereocenters. The van der Waals surface area contributed by atoms with Crippen molar-refractivity contribution in [2.75, 3.05) is 19.7 Å². The van der Waals surface area contributed by atoms with Crippen molar-refractivity contribution >= 4 is 15.8 Å². The number of fused-ring (bicyclic) bond motifs is 1. The van der Waals surface area contributed by atoms with Gasteiger partial charge >= 0.3 is 0 Å². The number of hydrogen-bond acceptors (Lipinski definition) is 5. The van der Waals surface area contributed by atoms with Crippen molar-refractivity contribution in [3.05, 3.63) is 94.5 Å². The van der Waals surface area contributed by atoms with Crippen LogP contribution in [0.25, 0.3) is 0 Å². The highest BCUT2D eigenvalue weighted by Gasteiger charge is 2.29. The molecule has 214 valence electrons. The van der Waals surface area contributed by atoms with Gasteiger partial charge in [0.1, 0.15) is 5.75 Å². The van der Waals surface area contributed by atoms with Crippen molar-refractivity contribution in [1.82, 2.24) is 9.21 Å². The quantitative estimate of drug-likeness (QED) is 0.253. The van der Waals surface area contributed by atoms with Gasteiger partial charge in [-0.2, -0.15) is 4.31 Å². The number of ether oxygens (including phenoxy) is 1. The lowest BCUT2D eigenvalue weighted by Crippen LogP contribution is -2.41. The first-order valence-electron chi connectivity index (χ1n) is 14.2. The van der Waals surface area contributed by atoms with E-state index in [0.29, 0.717) is 43.0 Å². The van der Waals surface area contributed by atoms with Gasteiger partial charge in [-0.05, 0) is 101 Å². The molecular formula is C33H42N2O4S. The first-order chi connectivity index (χ1) is 19.0. The summed E-state index contributed by atoms with van der Waals surface area (Å²) in [4.78, 5) is 15.8. The van der Waals surface area contributed by atoms with E-state index >= 15 is 0 Å². The summed E-state index contributed by atoms with van der Waals surface area (Å²) in [6.45, 7) is 13.5. The van der Waals surface area contributed by atoms with Crippen LogP contribution in [0.5, 0.6) is 5.75 Å². The van der Waals surface area contributed by atoms with Gasteiger partial charge in [0.05, 0.1) is 11.5 Å². The molecule has 1 heterocycles. The zero-order chi connectivity index (χ0) is 28.9. The van der Waals surface area contributed by atoms with Crippen LogP contribution >= 0.6 is 0 Å². The first-order valence-corrected chi connectivity index (χ1v) is 15.6. The second-order valence-corrected chi connectivity index (χ2v) is 13.5. The van der Waals surface area contributed by atoms with Crippen molar-refractivity contribution in [3.8, 4) is 5.75 Å². The van der Waals surface area contributed by atoms with Gasteiger partial charge in [0, 0.05) is 37.2 Å². The molecule has 7 heteroatoms. The van der Waals surface area contributed by atoms with Gasteiger partial charge in [-0.3, -0.25) is 9.69 Å². The summed E-state index contributed by atoms with van der Waals surface area (Å²) >= 11 is 0. The van der Waals surface area contributed by atoms with Gasteiger partial charge in [-0.25, -0.2) is 8.42 Å². The highest BCUT2D eigenvalue weighted by atomic mass is 32.2. The number of ketones is 1. The smallest absolute Gasteiger partial charge is 0.243 e. The van der Waals surface area contributed by atoms with Crippen molar-refractivity contribution in [1.29, 1.82) is 0 Å². The Bertz CT molecular complexity index is 1410. The molecule has 0 radical (unpaired) electrons. The lowest BCUT2D eigenvalue weighted by molar-refractivity contribution is 0.0945. The molecule has 0 spiro atoms. The monoisotopic (exact) mass is 562 g/mol. The first kappa shape index (κ1) is 30.0. The molecule has 4 rings (SSSR count).